The highest BCUT2D eigenvalue weighted by molar-refractivity contribution is 6.31. The molecular formula is C18H29ClN2. The summed E-state index contributed by atoms with van der Waals surface area (Å²) in [4.78, 5) is 2.68. The number of halogens is 1. The molecule has 118 valence electrons. The molecule has 2 atom stereocenters. The minimum atomic E-state index is 0.200. The monoisotopic (exact) mass is 308 g/mol. The highest BCUT2D eigenvalue weighted by Gasteiger charge is 2.39. The molecule has 1 saturated heterocycles. The number of benzene rings is 1. The van der Waals surface area contributed by atoms with E-state index in [0.29, 0.717) is 6.04 Å². The fraction of sp³-hybridized carbons (Fsp3) is 0.667. The summed E-state index contributed by atoms with van der Waals surface area (Å²) in [6.45, 7) is 10.4. The fourth-order valence-electron chi connectivity index (χ4n) is 3.56. The maximum absolute atomic E-state index is 6.38. The second-order valence-electron chi connectivity index (χ2n) is 6.31. The Labute approximate surface area is 134 Å². The number of nitrogens with one attached hydrogen (secondary N) is 1. The number of likely N-dealkylation sites (tertiary alicyclic amines) is 1. The lowest BCUT2D eigenvalue weighted by molar-refractivity contribution is 0.0847. The number of likely N-dealkylation sites (N-methyl/N-ethyl adjacent to an activating group) is 1. The van der Waals surface area contributed by atoms with Gasteiger partial charge in [-0.2, -0.15) is 0 Å². The summed E-state index contributed by atoms with van der Waals surface area (Å²) in [5, 5.41) is 4.62. The van der Waals surface area contributed by atoms with Gasteiger partial charge in [-0.25, -0.2) is 0 Å². The summed E-state index contributed by atoms with van der Waals surface area (Å²) in [5.74, 6) is 0. The Morgan fingerprint density at radius 3 is 2.48 bits per heavy atom. The van der Waals surface area contributed by atoms with E-state index in [2.05, 4.69) is 43.1 Å². The molecule has 0 radical (unpaired) electrons. The van der Waals surface area contributed by atoms with Gasteiger partial charge in [0.15, 0.2) is 0 Å². The van der Waals surface area contributed by atoms with Crippen LogP contribution in [0.2, 0.25) is 5.02 Å². The average Bonchev–Trinajstić information content (AvgIpc) is 3.03. The first kappa shape index (κ1) is 16.8. The van der Waals surface area contributed by atoms with Crippen molar-refractivity contribution in [1.82, 2.24) is 10.2 Å². The number of nitrogens with zero attached hydrogens (tertiary/aromatic N) is 1. The van der Waals surface area contributed by atoms with Crippen molar-refractivity contribution < 1.29 is 0 Å². The molecule has 0 bridgehead atoms. The molecular weight excluding hydrogens is 280 g/mol. The molecule has 1 fully saturated rings. The lowest BCUT2D eigenvalue weighted by Crippen LogP contribution is -2.59. The Hall–Kier alpha value is -0.570. The zero-order valence-electron chi connectivity index (χ0n) is 13.7. The predicted molar refractivity (Wildman–Crippen MR) is 92.1 cm³/mol. The van der Waals surface area contributed by atoms with E-state index < -0.39 is 0 Å². The van der Waals surface area contributed by atoms with E-state index in [1.54, 1.807) is 0 Å². The third-order valence-electron chi connectivity index (χ3n) is 5.13. The fourth-order valence-corrected chi connectivity index (χ4v) is 3.77. The van der Waals surface area contributed by atoms with Crippen LogP contribution in [0, 0.1) is 0 Å². The van der Waals surface area contributed by atoms with Crippen molar-refractivity contribution in [2.45, 2.75) is 58.0 Å². The zero-order valence-corrected chi connectivity index (χ0v) is 14.4. The maximum Gasteiger partial charge on any atom is 0.0438 e. The van der Waals surface area contributed by atoms with Crippen molar-refractivity contribution in [2.75, 3.05) is 19.6 Å². The van der Waals surface area contributed by atoms with Gasteiger partial charge >= 0.3 is 0 Å². The largest absolute Gasteiger partial charge is 0.312 e. The molecule has 2 unspecified atom stereocenters. The van der Waals surface area contributed by atoms with Crippen LogP contribution in [-0.2, 0) is 6.42 Å². The smallest absolute Gasteiger partial charge is 0.0438 e. The van der Waals surface area contributed by atoms with Crippen molar-refractivity contribution in [3.63, 3.8) is 0 Å². The summed E-state index contributed by atoms with van der Waals surface area (Å²) in [6, 6.07) is 8.69. The Morgan fingerprint density at radius 1 is 1.24 bits per heavy atom. The molecule has 0 aliphatic carbocycles. The van der Waals surface area contributed by atoms with E-state index in [1.165, 1.54) is 31.5 Å². The maximum atomic E-state index is 6.38. The van der Waals surface area contributed by atoms with Gasteiger partial charge in [-0.3, -0.25) is 4.90 Å². The van der Waals surface area contributed by atoms with E-state index in [4.69, 9.17) is 11.6 Å². The van der Waals surface area contributed by atoms with Crippen molar-refractivity contribution in [2.24, 2.45) is 0 Å². The van der Waals surface area contributed by atoms with Gasteiger partial charge in [0.2, 0.25) is 0 Å². The molecule has 0 amide bonds. The van der Waals surface area contributed by atoms with Crippen LogP contribution in [0.15, 0.2) is 24.3 Å². The van der Waals surface area contributed by atoms with Crippen LogP contribution in [0.3, 0.4) is 0 Å². The third kappa shape index (κ3) is 3.80. The van der Waals surface area contributed by atoms with Gasteiger partial charge in [-0.05, 0) is 63.9 Å². The molecule has 0 aromatic heterocycles. The summed E-state index contributed by atoms with van der Waals surface area (Å²) in [5.41, 5.74) is 1.45. The van der Waals surface area contributed by atoms with Crippen molar-refractivity contribution in [3.05, 3.63) is 34.9 Å². The van der Waals surface area contributed by atoms with Gasteiger partial charge in [-0.1, -0.05) is 43.6 Å². The van der Waals surface area contributed by atoms with Crippen LogP contribution in [0.5, 0.6) is 0 Å². The summed E-state index contributed by atoms with van der Waals surface area (Å²) in [7, 11) is 0. The van der Waals surface area contributed by atoms with E-state index in [9.17, 15) is 0 Å². The molecule has 2 rings (SSSR count). The third-order valence-corrected chi connectivity index (χ3v) is 5.50. The van der Waals surface area contributed by atoms with Gasteiger partial charge in [0.25, 0.3) is 0 Å². The summed E-state index contributed by atoms with van der Waals surface area (Å²) in [6.07, 6.45) is 4.82. The SMILES string of the molecule is CCNC(Cc1ccccc1Cl)C(C)(CC)N1CCCC1. The van der Waals surface area contributed by atoms with E-state index in [-0.39, 0.29) is 5.54 Å². The predicted octanol–water partition coefficient (Wildman–Crippen LogP) is 4.13. The topological polar surface area (TPSA) is 15.3 Å². The average molecular weight is 309 g/mol. The second-order valence-corrected chi connectivity index (χ2v) is 6.72. The van der Waals surface area contributed by atoms with Crippen LogP contribution in [0.4, 0.5) is 0 Å². The van der Waals surface area contributed by atoms with Crippen LogP contribution in [0.25, 0.3) is 0 Å². The molecule has 0 saturated carbocycles. The van der Waals surface area contributed by atoms with Gasteiger partial charge in [0.1, 0.15) is 0 Å². The molecule has 1 aromatic rings. The van der Waals surface area contributed by atoms with Crippen molar-refractivity contribution in [3.8, 4) is 0 Å². The standard InChI is InChI=1S/C18H29ClN2/c1-4-18(3,21-12-8-9-13-21)17(20-5-2)14-15-10-6-7-11-16(15)19/h6-7,10-11,17,20H,4-5,8-9,12-14H2,1-3H3. The molecule has 0 spiro atoms. The minimum absolute atomic E-state index is 0.200. The highest BCUT2D eigenvalue weighted by Crippen LogP contribution is 2.31. The molecule has 21 heavy (non-hydrogen) atoms. The van der Waals surface area contributed by atoms with E-state index >= 15 is 0 Å². The lowest BCUT2D eigenvalue weighted by atomic mass is 9.83. The number of hydrogen-bond acceptors (Lipinski definition) is 2. The lowest BCUT2D eigenvalue weighted by Gasteiger charge is -2.45. The van der Waals surface area contributed by atoms with Crippen LogP contribution < -0.4 is 5.32 Å². The van der Waals surface area contributed by atoms with Gasteiger partial charge in [0.05, 0.1) is 0 Å². The van der Waals surface area contributed by atoms with Crippen LogP contribution >= 0.6 is 11.6 Å². The number of rotatable bonds is 7. The van der Waals surface area contributed by atoms with Crippen LogP contribution in [0.1, 0.15) is 45.6 Å². The molecule has 3 heteroatoms. The zero-order chi connectivity index (χ0) is 15.3. The molecule has 1 aliphatic heterocycles. The molecule has 2 nitrogen and oxygen atoms in total. The molecule has 1 N–H and O–H groups in total. The Morgan fingerprint density at radius 2 is 1.90 bits per heavy atom. The summed E-state index contributed by atoms with van der Waals surface area (Å²) >= 11 is 6.38. The highest BCUT2D eigenvalue weighted by atomic mass is 35.5. The second kappa shape index (κ2) is 7.62. The van der Waals surface area contributed by atoms with Gasteiger partial charge < -0.3 is 5.32 Å². The Kier molecular flexibility index (Phi) is 6.09. The van der Waals surface area contributed by atoms with E-state index in [1.807, 2.05) is 12.1 Å². The van der Waals surface area contributed by atoms with Crippen molar-refractivity contribution in [1.29, 1.82) is 0 Å². The molecule has 1 heterocycles. The first-order valence-electron chi connectivity index (χ1n) is 8.33. The first-order chi connectivity index (χ1) is 10.1. The summed E-state index contributed by atoms with van der Waals surface area (Å²) < 4.78 is 0. The van der Waals surface area contributed by atoms with Gasteiger partial charge in [0, 0.05) is 16.6 Å². The van der Waals surface area contributed by atoms with Gasteiger partial charge in [-0.15, -0.1) is 0 Å². The minimum Gasteiger partial charge on any atom is -0.312 e. The van der Waals surface area contributed by atoms with Crippen molar-refractivity contribution >= 4 is 11.6 Å². The quantitative estimate of drug-likeness (QED) is 0.815. The molecule has 1 aromatic carbocycles. The normalized spacial score (nSPS) is 20.4. The Bertz CT molecular complexity index is 443. The van der Waals surface area contributed by atoms with E-state index in [0.717, 1.165) is 24.4 Å². The number of hydrogen-bond donors (Lipinski definition) is 1. The first-order valence-corrected chi connectivity index (χ1v) is 8.71. The Balaban J connectivity index is 2.21. The van der Waals surface area contributed by atoms with Crippen LogP contribution in [-0.4, -0.2) is 36.1 Å². The molecule has 1 aliphatic rings.